The number of nitrogens with zero attached hydrogens (tertiary/aromatic N) is 1. The molecule has 0 aliphatic carbocycles. The number of nitrogens with two attached hydrogens (primary N) is 1. The van der Waals surface area contributed by atoms with Gasteiger partial charge in [0.25, 0.3) is 0 Å². The van der Waals surface area contributed by atoms with Crippen molar-refractivity contribution < 1.29 is 0 Å². The first-order chi connectivity index (χ1) is 7.31. The Kier molecular flexibility index (Phi) is 3.14. The highest BCUT2D eigenvalue weighted by molar-refractivity contribution is 9.10. The van der Waals surface area contributed by atoms with Gasteiger partial charge in [-0.05, 0) is 34.9 Å². The average Bonchev–Trinajstić information content (AvgIpc) is 2.29. The Balaban J connectivity index is 2.53. The third kappa shape index (κ3) is 2.25. The molecule has 2 aromatic rings. The smallest absolute Gasteiger partial charge is 0.0318 e. The SMILES string of the molecule is NCc1cnccc1-c1cccc(Br)c1. The van der Waals surface area contributed by atoms with Crippen molar-refractivity contribution >= 4 is 15.9 Å². The first-order valence-electron chi connectivity index (χ1n) is 4.70. The molecule has 0 aliphatic rings. The van der Waals surface area contributed by atoms with Crippen molar-refractivity contribution in [2.75, 3.05) is 0 Å². The summed E-state index contributed by atoms with van der Waals surface area (Å²) in [4.78, 5) is 4.07. The van der Waals surface area contributed by atoms with Crippen LogP contribution in [0.4, 0.5) is 0 Å². The fourth-order valence-corrected chi connectivity index (χ4v) is 1.93. The van der Waals surface area contributed by atoms with Crippen LogP contribution in [0, 0.1) is 0 Å². The first-order valence-corrected chi connectivity index (χ1v) is 5.49. The largest absolute Gasteiger partial charge is 0.326 e. The Morgan fingerprint density at radius 3 is 2.87 bits per heavy atom. The van der Waals surface area contributed by atoms with Crippen LogP contribution in [0.1, 0.15) is 5.56 Å². The molecule has 0 fully saturated rings. The number of rotatable bonds is 2. The highest BCUT2D eigenvalue weighted by atomic mass is 79.9. The van der Waals surface area contributed by atoms with Gasteiger partial charge < -0.3 is 5.73 Å². The van der Waals surface area contributed by atoms with Crippen LogP contribution in [0.3, 0.4) is 0 Å². The van der Waals surface area contributed by atoms with Gasteiger partial charge in [-0.2, -0.15) is 0 Å². The summed E-state index contributed by atoms with van der Waals surface area (Å²) in [5.41, 5.74) is 9.05. The number of hydrogen-bond donors (Lipinski definition) is 1. The molecular weight excluding hydrogens is 252 g/mol. The zero-order valence-corrected chi connectivity index (χ0v) is 9.74. The van der Waals surface area contributed by atoms with E-state index < -0.39 is 0 Å². The summed E-state index contributed by atoms with van der Waals surface area (Å²) < 4.78 is 1.07. The van der Waals surface area contributed by atoms with E-state index in [0.717, 1.165) is 21.2 Å². The fourth-order valence-electron chi connectivity index (χ4n) is 1.53. The maximum Gasteiger partial charge on any atom is 0.0318 e. The van der Waals surface area contributed by atoms with E-state index in [-0.39, 0.29) is 0 Å². The fraction of sp³-hybridized carbons (Fsp3) is 0.0833. The van der Waals surface area contributed by atoms with E-state index in [1.54, 1.807) is 6.20 Å². The predicted molar refractivity (Wildman–Crippen MR) is 65.3 cm³/mol. The van der Waals surface area contributed by atoms with Gasteiger partial charge >= 0.3 is 0 Å². The molecule has 15 heavy (non-hydrogen) atoms. The van der Waals surface area contributed by atoms with E-state index in [2.05, 4.69) is 33.0 Å². The van der Waals surface area contributed by atoms with Gasteiger partial charge in [0.05, 0.1) is 0 Å². The highest BCUT2D eigenvalue weighted by Gasteiger charge is 2.03. The molecule has 3 heteroatoms. The molecule has 2 N–H and O–H groups in total. The number of hydrogen-bond acceptors (Lipinski definition) is 2. The Bertz CT molecular complexity index is 469. The van der Waals surface area contributed by atoms with E-state index >= 15 is 0 Å². The minimum atomic E-state index is 0.510. The summed E-state index contributed by atoms with van der Waals surface area (Å²) in [5, 5.41) is 0. The summed E-state index contributed by atoms with van der Waals surface area (Å²) in [5.74, 6) is 0. The molecule has 76 valence electrons. The zero-order chi connectivity index (χ0) is 10.7. The van der Waals surface area contributed by atoms with Crippen LogP contribution in [0.2, 0.25) is 0 Å². The molecule has 1 aromatic heterocycles. The van der Waals surface area contributed by atoms with Crippen LogP contribution in [-0.2, 0) is 6.54 Å². The number of benzene rings is 1. The lowest BCUT2D eigenvalue weighted by molar-refractivity contribution is 1.05. The molecule has 1 aromatic carbocycles. The van der Waals surface area contributed by atoms with Crippen molar-refractivity contribution in [1.29, 1.82) is 0 Å². The molecular formula is C12H11BrN2. The molecule has 0 saturated heterocycles. The van der Waals surface area contributed by atoms with Crippen molar-refractivity contribution in [1.82, 2.24) is 4.98 Å². The van der Waals surface area contributed by atoms with Gasteiger partial charge in [-0.1, -0.05) is 28.1 Å². The second-order valence-corrected chi connectivity index (χ2v) is 4.16. The monoisotopic (exact) mass is 262 g/mol. The average molecular weight is 263 g/mol. The summed E-state index contributed by atoms with van der Waals surface area (Å²) in [6.45, 7) is 0.510. The third-order valence-electron chi connectivity index (χ3n) is 2.26. The number of halogens is 1. The van der Waals surface area contributed by atoms with E-state index in [1.807, 2.05) is 24.4 Å². The van der Waals surface area contributed by atoms with Crippen LogP contribution < -0.4 is 5.73 Å². The third-order valence-corrected chi connectivity index (χ3v) is 2.75. The van der Waals surface area contributed by atoms with Gasteiger partial charge in [-0.3, -0.25) is 4.98 Å². The predicted octanol–water partition coefficient (Wildman–Crippen LogP) is 2.97. The molecule has 0 saturated carbocycles. The van der Waals surface area contributed by atoms with Crippen LogP contribution in [0.5, 0.6) is 0 Å². The molecule has 2 nitrogen and oxygen atoms in total. The Labute approximate surface area is 97.3 Å². The molecule has 0 radical (unpaired) electrons. The summed E-state index contributed by atoms with van der Waals surface area (Å²) >= 11 is 3.46. The zero-order valence-electron chi connectivity index (χ0n) is 8.15. The number of pyridine rings is 1. The summed E-state index contributed by atoms with van der Waals surface area (Å²) in [6.07, 6.45) is 3.60. The highest BCUT2D eigenvalue weighted by Crippen LogP contribution is 2.25. The molecule has 0 unspecified atom stereocenters. The maximum atomic E-state index is 5.67. The molecule has 1 heterocycles. The van der Waals surface area contributed by atoms with Crippen molar-refractivity contribution in [2.45, 2.75) is 6.54 Å². The molecule has 0 aliphatic heterocycles. The first kappa shape index (κ1) is 10.3. The topological polar surface area (TPSA) is 38.9 Å². The van der Waals surface area contributed by atoms with Crippen molar-refractivity contribution in [3.63, 3.8) is 0 Å². The van der Waals surface area contributed by atoms with E-state index in [1.165, 1.54) is 0 Å². The minimum Gasteiger partial charge on any atom is -0.326 e. The molecule has 2 rings (SSSR count). The Morgan fingerprint density at radius 2 is 2.13 bits per heavy atom. The van der Waals surface area contributed by atoms with Crippen molar-refractivity contribution in [3.8, 4) is 11.1 Å². The Hall–Kier alpha value is -1.19. The van der Waals surface area contributed by atoms with Crippen LogP contribution in [0.15, 0.2) is 47.2 Å². The molecule has 0 atom stereocenters. The molecule has 0 amide bonds. The summed E-state index contributed by atoms with van der Waals surface area (Å²) in [6, 6.07) is 10.2. The van der Waals surface area contributed by atoms with Crippen molar-refractivity contribution in [2.24, 2.45) is 5.73 Å². The minimum absolute atomic E-state index is 0.510. The standard InChI is InChI=1S/C12H11BrN2/c13-11-3-1-2-9(6-11)12-4-5-15-8-10(12)7-14/h1-6,8H,7,14H2. The lowest BCUT2D eigenvalue weighted by Crippen LogP contribution is -1.99. The van der Waals surface area contributed by atoms with E-state index in [4.69, 9.17) is 5.73 Å². The maximum absolute atomic E-state index is 5.67. The molecule has 0 spiro atoms. The Morgan fingerprint density at radius 1 is 1.27 bits per heavy atom. The van der Waals surface area contributed by atoms with Crippen molar-refractivity contribution in [3.05, 3.63) is 52.8 Å². The van der Waals surface area contributed by atoms with Crippen LogP contribution in [0.25, 0.3) is 11.1 Å². The van der Waals surface area contributed by atoms with E-state index in [9.17, 15) is 0 Å². The lowest BCUT2D eigenvalue weighted by atomic mass is 10.0. The lowest BCUT2D eigenvalue weighted by Gasteiger charge is -2.07. The van der Waals surface area contributed by atoms with Gasteiger partial charge in [0, 0.05) is 23.4 Å². The van der Waals surface area contributed by atoms with Crippen LogP contribution >= 0.6 is 15.9 Å². The molecule has 0 bridgehead atoms. The van der Waals surface area contributed by atoms with Crippen LogP contribution in [-0.4, -0.2) is 4.98 Å². The summed E-state index contributed by atoms with van der Waals surface area (Å²) in [7, 11) is 0. The quantitative estimate of drug-likeness (QED) is 0.904. The number of aromatic nitrogens is 1. The van der Waals surface area contributed by atoms with Gasteiger partial charge in [-0.15, -0.1) is 0 Å². The van der Waals surface area contributed by atoms with Gasteiger partial charge in [0.1, 0.15) is 0 Å². The normalized spacial score (nSPS) is 10.3. The second-order valence-electron chi connectivity index (χ2n) is 3.25. The van der Waals surface area contributed by atoms with Gasteiger partial charge in [0.15, 0.2) is 0 Å². The van der Waals surface area contributed by atoms with Gasteiger partial charge in [0.2, 0.25) is 0 Å². The second kappa shape index (κ2) is 4.55. The van der Waals surface area contributed by atoms with Gasteiger partial charge in [-0.25, -0.2) is 0 Å². The van der Waals surface area contributed by atoms with E-state index in [0.29, 0.717) is 6.54 Å².